The van der Waals surface area contributed by atoms with Crippen molar-refractivity contribution in [2.24, 2.45) is 7.05 Å². The Morgan fingerprint density at radius 3 is 2.44 bits per heavy atom. The zero-order valence-electron chi connectivity index (χ0n) is 18.0. The van der Waals surface area contributed by atoms with Gasteiger partial charge in [-0.1, -0.05) is 30.3 Å². The van der Waals surface area contributed by atoms with Gasteiger partial charge >= 0.3 is 6.18 Å². The number of anilines is 1. The van der Waals surface area contributed by atoms with Crippen molar-refractivity contribution >= 4 is 23.4 Å². The first kappa shape index (κ1) is 23.5. The van der Waals surface area contributed by atoms with E-state index in [-0.39, 0.29) is 11.3 Å². The molecule has 0 fully saturated rings. The van der Waals surface area contributed by atoms with E-state index in [2.05, 4.69) is 15.4 Å². The first-order valence-corrected chi connectivity index (χ1v) is 11.2. The van der Waals surface area contributed by atoms with Crippen LogP contribution in [0.2, 0.25) is 0 Å². The van der Waals surface area contributed by atoms with Gasteiger partial charge < -0.3 is 5.32 Å². The molecule has 4 aromatic rings. The smallest absolute Gasteiger partial charge is 0.320 e. The first-order chi connectivity index (χ1) is 16.2. The van der Waals surface area contributed by atoms with Crippen molar-refractivity contribution in [3.05, 3.63) is 83.9 Å². The number of alkyl halides is 3. The molecule has 2 aromatic heterocycles. The summed E-state index contributed by atoms with van der Waals surface area (Å²) in [6, 6.07) is 13.3. The number of halogens is 4. The topological polar surface area (TPSA) is 59.8 Å². The molecule has 0 saturated heterocycles. The van der Waals surface area contributed by atoms with Crippen LogP contribution in [0.3, 0.4) is 0 Å². The minimum absolute atomic E-state index is 0.0279. The Morgan fingerprint density at radius 2 is 1.82 bits per heavy atom. The van der Waals surface area contributed by atoms with Crippen LogP contribution in [-0.2, 0) is 13.2 Å². The summed E-state index contributed by atoms with van der Waals surface area (Å²) in [5.74, 6) is -2.19. The number of carbonyl (C=O) groups is 1. The Bertz CT molecular complexity index is 1350. The number of carbonyl (C=O) groups excluding carboxylic acids is 1. The number of thioether (sulfide) groups is 1. The molecule has 0 spiro atoms. The molecule has 2 aromatic carbocycles. The lowest BCUT2D eigenvalue weighted by Gasteiger charge is -2.15. The normalized spacial score (nSPS) is 11.5. The molecular weight excluding hydrogens is 468 g/mol. The third-order valence-corrected chi connectivity index (χ3v) is 5.74. The molecule has 0 aliphatic carbocycles. The van der Waals surface area contributed by atoms with Gasteiger partial charge in [-0.05, 0) is 30.5 Å². The molecule has 0 saturated carbocycles. The molecule has 0 aliphatic heterocycles. The van der Waals surface area contributed by atoms with E-state index in [1.165, 1.54) is 28.7 Å². The fourth-order valence-electron chi connectivity index (χ4n) is 3.42. The summed E-state index contributed by atoms with van der Waals surface area (Å²) in [7, 11) is 1.55. The summed E-state index contributed by atoms with van der Waals surface area (Å²) < 4.78 is 57.0. The molecule has 4 rings (SSSR count). The first-order valence-electron chi connectivity index (χ1n) is 9.99. The molecule has 2 heterocycles. The highest BCUT2D eigenvalue weighted by atomic mass is 32.2. The monoisotopic (exact) mass is 486 g/mol. The van der Waals surface area contributed by atoms with Crippen LogP contribution in [0.4, 0.5) is 23.2 Å². The second kappa shape index (κ2) is 9.30. The van der Waals surface area contributed by atoms with Crippen molar-refractivity contribution in [3.63, 3.8) is 0 Å². The minimum Gasteiger partial charge on any atom is -0.320 e. The summed E-state index contributed by atoms with van der Waals surface area (Å²) in [6.07, 6.45) is 0.101. The third kappa shape index (κ3) is 4.81. The van der Waals surface area contributed by atoms with E-state index in [1.807, 2.05) is 12.3 Å². The number of hydrogen-bond donors (Lipinski definition) is 1. The molecule has 1 N–H and O–H groups in total. The van der Waals surface area contributed by atoms with Gasteiger partial charge in [0, 0.05) is 35.5 Å². The van der Waals surface area contributed by atoms with Gasteiger partial charge in [0.15, 0.2) is 0 Å². The van der Waals surface area contributed by atoms with Crippen molar-refractivity contribution in [2.75, 3.05) is 11.6 Å². The third-order valence-electron chi connectivity index (χ3n) is 5.04. The lowest BCUT2D eigenvalue weighted by molar-refractivity contribution is -0.137. The molecule has 34 heavy (non-hydrogen) atoms. The van der Waals surface area contributed by atoms with Crippen molar-refractivity contribution in [1.29, 1.82) is 0 Å². The van der Waals surface area contributed by atoms with E-state index in [0.717, 1.165) is 11.0 Å². The molecule has 5 nitrogen and oxygen atoms in total. The van der Waals surface area contributed by atoms with Gasteiger partial charge in [0.2, 0.25) is 0 Å². The van der Waals surface area contributed by atoms with Crippen molar-refractivity contribution in [3.8, 4) is 22.5 Å². The van der Waals surface area contributed by atoms with Gasteiger partial charge in [-0.15, -0.1) is 11.8 Å². The largest absolute Gasteiger partial charge is 0.417 e. The number of hydrogen-bond acceptors (Lipinski definition) is 4. The number of nitrogens with one attached hydrogen (secondary N) is 1. The van der Waals surface area contributed by atoms with E-state index in [1.54, 1.807) is 43.6 Å². The Balaban J connectivity index is 1.79. The fourth-order valence-corrected chi connectivity index (χ4v) is 3.81. The van der Waals surface area contributed by atoms with Gasteiger partial charge in [0.1, 0.15) is 5.82 Å². The number of nitrogens with zero attached hydrogens (tertiary/aromatic N) is 3. The van der Waals surface area contributed by atoms with Crippen LogP contribution in [-0.4, -0.2) is 26.9 Å². The van der Waals surface area contributed by atoms with Crippen LogP contribution < -0.4 is 5.32 Å². The zero-order valence-corrected chi connectivity index (χ0v) is 18.8. The van der Waals surface area contributed by atoms with Gasteiger partial charge in [-0.2, -0.15) is 18.3 Å². The minimum atomic E-state index is -4.83. The van der Waals surface area contributed by atoms with Crippen LogP contribution in [0.15, 0.2) is 71.9 Å². The van der Waals surface area contributed by atoms with Crippen LogP contribution in [0.1, 0.15) is 15.9 Å². The second-order valence-electron chi connectivity index (χ2n) is 7.34. The van der Waals surface area contributed by atoms with Gasteiger partial charge in [0.25, 0.3) is 5.91 Å². The highest BCUT2D eigenvalue weighted by Gasteiger charge is 2.36. The SMILES string of the molecule is CSc1cnc(-c2ccccc2)c(NC(=O)c2cc(-c3ccn(C)n3)c(C(F)(F)F)cc2F)c1. The second-order valence-corrected chi connectivity index (χ2v) is 8.22. The van der Waals surface area contributed by atoms with Gasteiger partial charge in [0.05, 0.1) is 28.2 Å². The average molecular weight is 486 g/mol. The van der Waals surface area contributed by atoms with Crippen molar-refractivity contribution in [2.45, 2.75) is 11.1 Å². The molecule has 0 atom stereocenters. The van der Waals surface area contributed by atoms with Crippen LogP contribution >= 0.6 is 11.8 Å². The highest BCUT2D eigenvalue weighted by molar-refractivity contribution is 7.98. The number of aromatic nitrogens is 3. The Hall–Kier alpha value is -3.66. The standard InChI is InChI=1S/C24H18F4N4OS/c1-32-9-8-20(31-32)16-11-17(19(25)12-18(16)24(26,27)28)23(33)30-21-10-15(34-2)13-29-22(21)14-6-4-3-5-7-14/h3-13H,1-2H3,(H,30,33). The predicted molar refractivity (Wildman–Crippen MR) is 123 cm³/mol. The summed E-state index contributed by atoms with van der Waals surface area (Å²) >= 11 is 1.40. The number of benzene rings is 2. The molecule has 0 aliphatic rings. The summed E-state index contributed by atoms with van der Waals surface area (Å²) in [5.41, 5.74) is -0.699. The maximum Gasteiger partial charge on any atom is 0.417 e. The Kier molecular flexibility index (Phi) is 6.43. The van der Waals surface area contributed by atoms with E-state index >= 15 is 0 Å². The van der Waals surface area contributed by atoms with Crippen LogP contribution in [0.25, 0.3) is 22.5 Å². The summed E-state index contributed by atoms with van der Waals surface area (Å²) in [5, 5.41) is 6.62. The van der Waals surface area contributed by atoms with Crippen molar-refractivity contribution < 1.29 is 22.4 Å². The molecular formula is C24H18F4N4OS. The molecule has 10 heteroatoms. The van der Waals surface area contributed by atoms with Gasteiger partial charge in [-0.3, -0.25) is 14.5 Å². The maximum absolute atomic E-state index is 14.8. The number of amides is 1. The lowest BCUT2D eigenvalue weighted by Crippen LogP contribution is -2.17. The van der Waals surface area contributed by atoms with Crippen LogP contribution in [0.5, 0.6) is 0 Å². The average Bonchev–Trinajstić information content (AvgIpc) is 3.24. The van der Waals surface area contributed by atoms with E-state index in [9.17, 15) is 22.4 Å². The maximum atomic E-state index is 14.8. The molecule has 0 bridgehead atoms. The Labute approximate surface area is 196 Å². The Morgan fingerprint density at radius 1 is 1.09 bits per heavy atom. The van der Waals surface area contributed by atoms with Gasteiger partial charge in [-0.25, -0.2) is 4.39 Å². The van der Waals surface area contributed by atoms with E-state index < -0.39 is 29.0 Å². The van der Waals surface area contributed by atoms with E-state index in [4.69, 9.17) is 0 Å². The summed E-state index contributed by atoms with van der Waals surface area (Å²) in [6.45, 7) is 0. The molecule has 174 valence electrons. The fraction of sp³-hybridized carbons (Fsp3) is 0.125. The summed E-state index contributed by atoms with van der Waals surface area (Å²) in [4.78, 5) is 18.2. The predicted octanol–water partition coefficient (Wildman–Crippen LogP) is 6.28. The number of aryl methyl sites for hydroxylation is 1. The lowest BCUT2D eigenvalue weighted by atomic mass is 9.99. The van der Waals surface area contributed by atoms with Crippen LogP contribution in [0, 0.1) is 5.82 Å². The molecule has 1 amide bonds. The highest BCUT2D eigenvalue weighted by Crippen LogP contribution is 2.38. The molecule has 0 radical (unpaired) electrons. The van der Waals surface area contributed by atoms with E-state index in [0.29, 0.717) is 23.0 Å². The molecule has 0 unspecified atom stereocenters. The number of pyridine rings is 1. The van der Waals surface area contributed by atoms with Crippen molar-refractivity contribution in [1.82, 2.24) is 14.8 Å². The number of rotatable bonds is 5. The zero-order chi connectivity index (χ0) is 24.5. The quantitative estimate of drug-likeness (QED) is 0.266.